The number of hydrogen-bond acceptors (Lipinski definition) is 4. The van der Waals surface area contributed by atoms with Crippen LogP contribution in [0.2, 0.25) is 0 Å². The van der Waals surface area contributed by atoms with Gasteiger partial charge < -0.3 is 5.11 Å². The van der Waals surface area contributed by atoms with Gasteiger partial charge in [-0.05, 0) is 0 Å². The Morgan fingerprint density at radius 2 is 2.06 bits per heavy atom. The smallest absolute Gasteiger partial charge is 0.408 e. The summed E-state index contributed by atoms with van der Waals surface area (Å²) in [5, 5.41) is 8.02. The molecule has 1 N–H and O–H groups in total. The van der Waals surface area contributed by atoms with Crippen molar-refractivity contribution >= 4 is 15.9 Å². The van der Waals surface area contributed by atoms with Gasteiger partial charge >= 0.3 is 12.6 Å². The summed E-state index contributed by atoms with van der Waals surface area (Å²) in [6.45, 7) is -3.57. The maximum Gasteiger partial charge on any atom is 0.408 e. The molecule has 0 spiro atoms. The second kappa shape index (κ2) is 3.90. The molecule has 0 atom stereocenters. The van der Waals surface area contributed by atoms with Crippen molar-refractivity contribution in [1.29, 1.82) is 0 Å². The van der Waals surface area contributed by atoms with E-state index in [2.05, 4.69) is 4.98 Å². The van der Waals surface area contributed by atoms with Crippen LogP contribution in [0.1, 0.15) is 17.9 Å². The topological polar surface area (TPSA) is 92.5 Å². The van der Waals surface area contributed by atoms with E-state index in [0.29, 0.717) is 0 Å². The number of aromatic nitrogens is 2. The van der Waals surface area contributed by atoms with Gasteiger partial charge in [-0.15, -0.1) is 0 Å². The first kappa shape index (κ1) is 12.7. The molecular formula is C8H9F2N3O4S. The monoisotopic (exact) mass is 281 g/mol. The normalized spacial score (nSPS) is 15.2. The SMILES string of the molecule is CS(=O)(=O)c1nc2c(n1C(F)F)CN(C(=O)O)C2. The van der Waals surface area contributed by atoms with Crippen molar-refractivity contribution in [2.24, 2.45) is 0 Å². The lowest BCUT2D eigenvalue weighted by Gasteiger charge is -2.12. The molecule has 1 aliphatic heterocycles. The van der Waals surface area contributed by atoms with Crippen molar-refractivity contribution in [2.45, 2.75) is 24.8 Å². The van der Waals surface area contributed by atoms with E-state index in [1.54, 1.807) is 0 Å². The van der Waals surface area contributed by atoms with E-state index < -0.39 is 27.6 Å². The summed E-state index contributed by atoms with van der Waals surface area (Å²) in [5.41, 5.74) is -0.0223. The Morgan fingerprint density at radius 1 is 1.44 bits per heavy atom. The molecule has 18 heavy (non-hydrogen) atoms. The molecule has 2 heterocycles. The average molecular weight is 281 g/mol. The van der Waals surface area contributed by atoms with E-state index >= 15 is 0 Å². The highest BCUT2D eigenvalue weighted by Gasteiger charge is 2.34. The van der Waals surface area contributed by atoms with Crippen LogP contribution in [0.25, 0.3) is 0 Å². The van der Waals surface area contributed by atoms with Gasteiger partial charge in [0.25, 0.3) is 0 Å². The molecule has 100 valence electrons. The van der Waals surface area contributed by atoms with Gasteiger partial charge in [0.1, 0.15) is 0 Å². The Bertz CT molecular complexity index is 610. The highest BCUT2D eigenvalue weighted by Crippen LogP contribution is 2.29. The number of halogens is 2. The molecule has 0 aliphatic carbocycles. The van der Waals surface area contributed by atoms with Gasteiger partial charge in [0, 0.05) is 6.26 Å². The summed E-state index contributed by atoms with van der Waals surface area (Å²) >= 11 is 0. The van der Waals surface area contributed by atoms with E-state index in [1.807, 2.05) is 0 Å². The zero-order valence-corrected chi connectivity index (χ0v) is 9.99. The van der Waals surface area contributed by atoms with Crippen molar-refractivity contribution in [3.63, 3.8) is 0 Å². The molecule has 1 aliphatic rings. The number of nitrogens with zero attached hydrogens (tertiary/aromatic N) is 3. The minimum Gasteiger partial charge on any atom is -0.465 e. The Labute approximate surface area is 101 Å². The zero-order valence-electron chi connectivity index (χ0n) is 9.17. The number of carbonyl (C=O) groups is 1. The molecule has 1 aromatic rings. The van der Waals surface area contributed by atoms with Crippen LogP contribution in [0, 0.1) is 0 Å². The molecule has 0 radical (unpaired) electrons. The van der Waals surface area contributed by atoms with E-state index in [1.165, 1.54) is 0 Å². The summed E-state index contributed by atoms with van der Waals surface area (Å²) in [5.74, 6) is 0. The second-order valence-electron chi connectivity index (χ2n) is 3.85. The predicted octanol–water partition coefficient (Wildman–Crippen LogP) is 0.675. The molecule has 0 fully saturated rings. The number of rotatable bonds is 2. The van der Waals surface area contributed by atoms with Crippen LogP contribution in [0.4, 0.5) is 13.6 Å². The van der Waals surface area contributed by atoms with Crippen LogP contribution in [0.5, 0.6) is 0 Å². The average Bonchev–Trinajstić information content (AvgIpc) is 2.69. The van der Waals surface area contributed by atoms with E-state index in [0.717, 1.165) is 11.2 Å². The number of imidazole rings is 1. The quantitative estimate of drug-likeness (QED) is 0.860. The van der Waals surface area contributed by atoms with Crippen molar-refractivity contribution < 1.29 is 27.1 Å². The molecule has 1 aromatic heterocycles. The molecule has 0 saturated carbocycles. The van der Waals surface area contributed by atoms with Crippen molar-refractivity contribution in [1.82, 2.24) is 14.5 Å². The van der Waals surface area contributed by atoms with Crippen molar-refractivity contribution in [3.8, 4) is 0 Å². The van der Waals surface area contributed by atoms with E-state index in [4.69, 9.17) is 5.11 Å². The maximum atomic E-state index is 12.9. The van der Waals surface area contributed by atoms with Gasteiger partial charge in [0.05, 0.1) is 24.5 Å². The molecule has 10 heteroatoms. The second-order valence-corrected chi connectivity index (χ2v) is 5.76. The number of amides is 1. The third kappa shape index (κ3) is 1.92. The fourth-order valence-electron chi connectivity index (χ4n) is 1.80. The molecular weight excluding hydrogens is 272 g/mol. The van der Waals surface area contributed by atoms with Gasteiger partial charge in [-0.3, -0.25) is 9.47 Å². The highest BCUT2D eigenvalue weighted by molar-refractivity contribution is 7.90. The fraction of sp³-hybridized carbons (Fsp3) is 0.500. The third-order valence-electron chi connectivity index (χ3n) is 2.54. The number of alkyl halides is 2. The summed E-state index contributed by atoms with van der Waals surface area (Å²) in [4.78, 5) is 15.2. The van der Waals surface area contributed by atoms with Crippen LogP contribution in [-0.4, -0.2) is 40.3 Å². The molecule has 7 nitrogen and oxygen atoms in total. The summed E-state index contributed by atoms with van der Waals surface area (Å²) in [6.07, 6.45) is -0.493. The number of sulfone groups is 1. The van der Waals surface area contributed by atoms with Crippen LogP contribution >= 0.6 is 0 Å². The molecule has 0 saturated heterocycles. The van der Waals surface area contributed by atoms with Crippen molar-refractivity contribution in [2.75, 3.05) is 6.26 Å². The fourth-order valence-corrected chi connectivity index (χ4v) is 2.62. The lowest BCUT2D eigenvalue weighted by Crippen LogP contribution is -2.25. The summed E-state index contributed by atoms with van der Waals surface area (Å²) in [7, 11) is -3.89. The Morgan fingerprint density at radius 3 is 2.50 bits per heavy atom. The highest BCUT2D eigenvalue weighted by atomic mass is 32.2. The maximum absolute atomic E-state index is 12.9. The molecule has 0 bridgehead atoms. The van der Waals surface area contributed by atoms with Gasteiger partial charge in [-0.2, -0.15) is 8.78 Å². The van der Waals surface area contributed by atoms with Gasteiger partial charge in [0.2, 0.25) is 15.0 Å². The third-order valence-corrected chi connectivity index (χ3v) is 3.49. The van der Waals surface area contributed by atoms with Crippen LogP contribution in [-0.2, 0) is 22.9 Å². The van der Waals surface area contributed by atoms with Crippen molar-refractivity contribution in [3.05, 3.63) is 11.4 Å². The van der Waals surface area contributed by atoms with Gasteiger partial charge in [0.15, 0.2) is 0 Å². The largest absolute Gasteiger partial charge is 0.465 e. The molecule has 0 aromatic carbocycles. The Hall–Kier alpha value is -1.71. The predicted molar refractivity (Wildman–Crippen MR) is 53.9 cm³/mol. The first-order valence-corrected chi connectivity index (χ1v) is 6.67. The van der Waals surface area contributed by atoms with E-state index in [-0.39, 0.29) is 29.0 Å². The van der Waals surface area contributed by atoms with Gasteiger partial charge in [-0.1, -0.05) is 0 Å². The number of carboxylic acid groups (broad SMARTS) is 1. The van der Waals surface area contributed by atoms with Crippen LogP contribution in [0.15, 0.2) is 5.16 Å². The lowest BCUT2D eigenvalue weighted by molar-refractivity contribution is 0.0553. The summed E-state index contributed by atoms with van der Waals surface area (Å²) < 4.78 is 48.7. The summed E-state index contributed by atoms with van der Waals surface area (Å²) in [6, 6.07) is 0. The molecule has 2 rings (SSSR count). The Balaban J connectivity index is 2.54. The van der Waals surface area contributed by atoms with Crippen LogP contribution < -0.4 is 0 Å². The molecule has 0 unspecified atom stereocenters. The molecule has 1 amide bonds. The number of fused-ring (bicyclic) bond motifs is 1. The van der Waals surface area contributed by atoms with Gasteiger partial charge in [-0.25, -0.2) is 18.2 Å². The first-order chi connectivity index (χ1) is 8.21. The van der Waals surface area contributed by atoms with Crippen LogP contribution in [0.3, 0.4) is 0 Å². The lowest BCUT2D eigenvalue weighted by atomic mass is 10.4. The number of hydrogen-bond donors (Lipinski definition) is 1. The standard InChI is InChI=1S/C8H9F2N3O4S/c1-18(16,17)7-11-4-2-12(8(14)15)3-5(4)13(7)6(9)10/h6H,2-3H2,1H3,(H,14,15). The zero-order chi connectivity index (χ0) is 13.7. The minimum absolute atomic E-state index is 0.0538. The Kier molecular flexibility index (Phi) is 2.76. The van der Waals surface area contributed by atoms with E-state index in [9.17, 15) is 22.0 Å². The minimum atomic E-state index is -3.89. The first-order valence-electron chi connectivity index (χ1n) is 4.78.